The predicted molar refractivity (Wildman–Crippen MR) is 110 cm³/mol. The van der Waals surface area contributed by atoms with E-state index < -0.39 is 0 Å². The van der Waals surface area contributed by atoms with E-state index in [0.717, 1.165) is 35.8 Å². The molecular formula is C23H27NO3. The average molecular weight is 365 g/mol. The van der Waals surface area contributed by atoms with Crippen LogP contribution in [0, 0.1) is 0 Å². The summed E-state index contributed by atoms with van der Waals surface area (Å²) in [7, 11) is 3.26. The molecule has 0 aliphatic carbocycles. The van der Waals surface area contributed by atoms with Gasteiger partial charge in [0.05, 0.1) is 14.2 Å². The first-order valence-electron chi connectivity index (χ1n) is 9.09. The summed E-state index contributed by atoms with van der Waals surface area (Å²) in [4.78, 5) is 14.6. The van der Waals surface area contributed by atoms with E-state index in [1.54, 1.807) is 44.6 Å². The Morgan fingerprint density at radius 3 is 1.78 bits per heavy atom. The molecule has 0 aromatic heterocycles. The van der Waals surface area contributed by atoms with Crippen LogP contribution < -0.4 is 9.47 Å². The first-order chi connectivity index (χ1) is 13.1. The molecule has 142 valence electrons. The minimum Gasteiger partial charge on any atom is -0.497 e. The number of ketones is 1. The summed E-state index contributed by atoms with van der Waals surface area (Å²) < 4.78 is 10.4. The Morgan fingerprint density at radius 2 is 1.33 bits per heavy atom. The molecule has 0 N–H and O–H groups in total. The minimum absolute atomic E-state index is 0.0393. The molecule has 27 heavy (non-hydrogen) atoms. The van der Waals surface area contributed by atoms with Crippen molar-refractivity contribution in [1.29, 1.82) is 0 Å². The third kappa shape index (κ3) is 5.48. The molecule has 2 rings (SSSR count). The molecule has 0 heterocycles. The van der Waals surface area contributed by atoms with Crippen molar-refractivity contribution in [2.45, 2.75) is 13.8 Å². The van der Waals surface area contributed by atoms with Crippen LogP contribution in [0.4, 0.5) is 0 Å². The summed E-state index contributed by atoms with van der Waals surface area (Å²) in [6, 6.07) is 15.1. The second-order valence-corrected chi connectivity index (χ2v) is 5.90. The number of carbonyl (C=O) groups excluding carboxylic acids is 1. The van der Waals surface area contributed by atoms with E-state index >= 15 is 0 Å². The number of rotatable bonds is 9. The number of ether oxygens (including phenoxy) is 2. The topological polar surface area (TPSA) is 38.8 Å². The van der Waals surface area contributed by atoms with E-state index in [4.69, 9.17) is 9.47 Å². The van der Waals surface area contributed by atoms with Crippen LogP contribution in [0.15, 0.2) is 66.8 Å². The van der Waals surface area contributed by atoms with E-state index in [-0.39, 0.29) is 5.78 Å². The van der Waals surface area contributed by atoms with Gasteiger partial charge in [0.2, 0.25) is 0 Å². The number of benzene rings is 2. The molecule has 0 atom stereocenters. The van der Waals surface area contributed by atoms with Gasteiger partial charge >= 0.3 is 0 Å². The van der Waals surface area contributed by atoms with E-state index in [0.29, 0.717) is 5.56 Å². The molecule has 0 aliphatic rings. The van der Waals surface area contributed by atoms with Gasteiger partial charge in [-0.25, -0.2) is 0 Å². The fraction of sp³-hybridized carbons (Fsp3) is 0.261. The summed E-state index contributed by atoms with van der Waals surface area (Å²) in [5.41, 5.74) is 2.79. The highest BCUT2D eigenvalue weighted by Crippen LogP contribution is 2.22. The third-order valence-corrected chi connectivity index (χ3v) is 4.37. The number of carbonyl (C=O) groups is 1. The van der Waals surface area contributed by atoms with Crippen LogP contribution in [0.1, 0.15) is 29.8 Å². The first kappa shape index (κ1) is 20.3. The zero-order valence-electron chi connectivity index (χ0n) is 16.4. The van der Waals surface area contributed by atoms with Gasteiger partial charge in [0, 0.05) is 24.4 Å². The fourth-order valence-corrected chi connectivity index (χ4v) is 2.79. The monoisotopic (exact) mass is 365 g/mol. The predicted octanol–water partition coefficient (Wildman–Crippen LogP) is 4.83. The summed E-state index contributed by atoms with van der Waals surface area (Å²) in [6.45, 7) is 6.00. The Balaban J connectivity index is 2.24. The molecule has 4 nitrogen and oxygen atoms in total. The second kappa shape index (κ2) is 10.2. The van der Waals surface area contributed by atoms with Gasteiger partial charge in [0.25, 0.3) is 0 Å². The molecule has 0 unspecified atom stereocenters. The van der Waals surface area contributed by atoms with Crippen LogP contribution in [0.2, 0.25) is 0 Å². The van der Waals surface area contributed by atoms with Crippen molar-refractivity contribution < 1.29 is 14.3 Å². The van der Waals surface area contributed by atoms with E-state index in [1.807, 2.05) is 36.4 Å². The van der Waals surface area contributed by atoms with Crippen molar-refractivity contribution in [3.8, 4) is 11.5 Å². The quantitative estimate of drug-likeness (QED) is 0.363. The van der Waals surface area contributed by atoms with Gasteiger partial charge in [-0.2, -0.15) is 0 Å². The minimum atomic E-state index is -0.0393. The maximum Gasteiger partial charge on any atom is 0.185 e. The highest BCUT2D eigenvalue weighted by molar-refractivity contribution is 6.04. The zero-order valence-corrected chi connectivity index (χ0v) is 16.4. The van der Waals surface area contributed by atoms with Crippen molar-refractivity contribution in [2.24, 2.45) is 0 Å². The highest BCUT2D eigenvalue weighted by atomic mass is 16.5. The summed E-state index contributed by atoms with van der Waals surface area (Å²) in [5, 5.41) is 0. The Morgan fingerprint density at radius 1 is 0.852 bits per heavy atom. The summed E-state index contributed by atoms with van der Waals surface area (Å²) >= 11 is 0. The summed E-state index contributed by atoms with van der Waals surface area (Å²) in [6.07, 6.45) is 5.38. The lowest BCUT2D eigenvalue weighted by atomic mass is 10.1. The third-order valence-electron chi connectivity index (χ3n) is 4.37. The molecule has 0 saturated heterocycles. The van der Waals surface area contributed by atoms with Gasteiger partial charge in [0.1, 0.15) is 11.5 Å². The lowest BCUT2D eigenvalue weighted by Crippen LogP contribution is -2.21. The Labute approximate surface area is 161 Å². The van der Waals surface area contributed by atoms with E-state index in [9.17, 15) is 4.79 Å². The van der Waals surface area contributed by atoms with Gasteiger partial charge in [-0.1, -0.05) is 6.08 Å². The largest absolute Gasteiger partial charge is 0.497 e. The van der Waals surface area contributed by atoms with Crippen molar-refractivity contribution in [3.05, 3.63) is 77.9 Å². The standard InChI is InChI=1S/C23H27NO3/c1-5-24(6-2)22(18-10-14-20(26-3)15-11-18)8-7-9-23(25)19-12-16-21(27-4)17-13-19/h7-17H,5-6H2,1-4H3/b9-7+,22-8+. The molecular weight excluding hydrogens is 338 g/mol. The summed E-state index contributed by atoms with van der Waals surface area (Å²) in [5.74, 6) is 1.52. The van der Waals surface area contributed by atoms with E-state index in [1.165, 1.54) is 0 Å². The number of methoxy groups -OCH3 is 2. The Bertz CT molecular complexity index is 785. The first-order valence-corrected chi connectivity index (χ1v) is 9.09. The van der Waals surface area contributed by atoms with E-state index in [2.05, 4.69) is 18.7 Å². The van der Waals surface area contributed by atoms with Crippen LogP contribution in [0.3, 0.4) is 0 Å². The molecule has 0 aliphatic heterocycles. The van der Waals surface area contributed by atoms with Crippen molar-refractivity contribution >= 4 is 11.5 Å². The number of hydrogen-bond acceptors (Lipinski definition) is 4. The van der Waals surface area contributed by atoms with Gasteiger partial charge in [-0.3, -0.25) is 4.79 Å². The lowest BCUT2D eigenvalue weighted by molar-refractivity contribution is 0.104. The molecule has 2 aromatic rings. The number of allylic oxidation sites excluding steroid dienone is 3. The molecule has 0 saturated carbocycles. The van der Waals surface area contributed by atoms with Crippen LogP contribution in [-0.2, 0) is 0 Å². The van der Waals surface area contributed by atoms with Gasteiger partial charge in [0.15, 0.2) is 5.78 Å². The van der Waals surface area contributed by atoms with Crippen molar-refractivity contribution in [3.63, 3.8) is 0 Å². The van der Waals surface area contributed by atoms with Crippen molar-refractivity contribution in [2.75, 3.05) is 27.3 Å². The maximum absolute atomic E-state index is 12.4. The molecule has 0 spiro atoms. The molecule has 0 radical (unpaired) electrons. The SMILES string of the molecule is CCN(CC)/C(=C/C=C/C(=O)c1ccc(OC)cc1)c1ccc(OC)cc1. The van der Waals surface area contributed by atoms with Gasteiger partial charge < -0.3 is 14.4 Å². The highest BCUT2D eigenvalue weighted by Gasteiger charge is 2.08. The zero-order chi connectivity index (χ0) is 19.6. The smallest absolute Gasteiger partial charge is 0.185 e. The Hall–Kier alpha value is -3.01. The van der Waals surface area contributed by atoms with Crippen LogP contribution in [0.25, 0.3) is 5.70 Å². The fourth-order valence-electron chi connectivity index (χ4n) is 2.79. The molecule has 0 fully saturated rings. The van der Waals surface area contributed by atoms with Crippen molar-refractivity contribution in [1.82, 2.24) is 4.90 Å². The Kier molecular flexibility index (Phi) is 7.68. The van der Waals surface area contributed by atoms with Crippen LogP contribution in [-0.4, -0.2) is 38.0 Å². The molecule has 0 bridgehead atoms. The molecule has 2 aromatic carbocycles. The second-order valence-electron chi connectivity index (χ2n) is 5.90. The number of nitrogens with zero attached hydrogens (tertiary/aromatic N) is 1. The van der Waals surface area contributed by atoms with Crippen LogP contribution in [0.5, 0.6) is 11.5 Å². The molecule has 0 amide bonds. The lowest BCUT2D eigenvalue weighted by Gasteiger charge is -2.24. The maximum atomic E-state index is 12.4. The average Bonchev–Trinajstić information content (AvgIpc) is 2.73. The normalized spacial score (nSPS) is 11.5. The number of hydrogen-bond donors (Lipinski definition) is 0. The van der Waals surface area contributed by atoms with Gasteiger partial charge in [-0.15, -0.1) is 0 Å². The van der Waals surface area contributed by atoms with Gasteiger partial charge in [-0.05, 0) is 80.1 Å². The van der Waals surface area contributed by atoms with Crippen LogP contribution >= 0.6 is 0 Å². The molecule has 4 heteroatoms.